The Hall–Kier alpha value is -2.07. The molecule has 1 aromatic carbocycles. The van der Waals surface area contributed by atoms with Crippen molar-refractivity contribution in [3.05, 3.63) is 42.2 Å². The number of pyridine rings is 1. The first-order valence-corrected chi connectivity index (χ1v) is 8.49. The first-order chi connectivity index (χ1) is 11.2. The van der Waals surface area contributed by atoms with Gasteiger partial charge in [0.05, 0.1) is 11.7 Å². The predicted octanol–water partition coefficient (Wildman–Crippen LogP) is 4.08. The summed E-state index contributed by atoms with van der Waals surface area (Å²) in [6.07, 6.45) is 7.10. The minimum absolute atomic E-state index is 0.171. The fourth-order valence-electron chi connectivity index (χ4n) is 4.10. The highest BCUT2D eigenvalue weighted by Crippen LogP contribution is 2.49. The molecular formula is C18H17ClN4. The van der Waals surface area contributed by atoms with E-state index in [1.807, 2.05) is 12.4 Å². The van der Waals surface area contributed by atoms with Gasteiger partial charge in [0.2, 0.25) is 0 Å². The summed E-state index contributed by atoms with van der Waals surface area (Å²) in [4.78, 5) is 4.67. The minimum atomic E-state index is 0.171. The number of aromatic amines is 1. The van der Waals surface area contributed by atoms with Gasteiger partial charge in [-0.3, -0.25) is 5.10 Å². The first-order valence-electron chi connectivity index (χ1n) is 8.06. The molecule has 4 nitrogen and oxygen atoms in total. The van der Waals surface area contributed by atoms with Gasteiger partial charge in [-0.05, 0) is 43.0 Å². The number of nitrogens with zero attached hydrogens (tertiary/aromatic N) is 2. The van der Waals surface area contributed by atoms with Gasteiger partial charge in [0.1, 0.15) is 5.82 Å². The molecule has 1 saturated carbocycles. The Morgan fingerprint density at radius 2 is 2.13 bits per heavy atom. The van der Waals surface area contributed by atoms with Crippen LogP contribution >= 0.6 is 11.6 Å². The molecule has 1 aliphatic carbocycles. The molecule has 0 amide bonds. The monoisotopic (exact) mass is 324 g/mol. The second-order valence-electron chi connectivity index (χ2n) is 6.77. The fourth-order valence-corrected chi connectivity index (χ4v) is 4.51. The number of fused-ring (bicyclic) bond motifs is 3. The van der Waals surface area contributed by atoms with Crippen LogP contribution in [0.5, 0.6) is 0 Å². The molecule has 116 valence electrons. The summed E-state index contributed by atoms with van der Waals surface area (Å²) < 4.78 is 0. The smallest absolute Gasteiger partial charge is 0.129 e. The molecule has 3 aromatic rings. The van der Waals surface area contributed by atoms with Gasteiger partial charge in [0.15, 0.2) is 0 Å². The molecule has 1 spiro atoms. The van der Waals surface area contributed by atoms with Crippen LogP contribution in [-0.2, 0) is 5.41 Å². The van der Waals surface area contributed by atoms with E-state index in [9.17, 15) is 0 Å². The van der Waals surface area contributed by atoms with E-state index >= 15 is 0 Å². The van der Waals surface area contributed by atoms with Gasteiger partial charge in [-0.25, -0.2) is 4.98 Å². The molecule has 1 fully saturated rings. The van der Waals surface area contributed by atoms with Gasteiger partial charge in [0.25, 0.3) is 0 Å². The highest BCUT2D eigenvalue weighted by Gasteiger charge is 2.45. The minimum Gasteiger partial charge on any atom is -0.369 e. The Balaban J connectivity index is 1.61. The van der Waals surface area contributed by atoms with Crippen LogP contribution in [0.15, 0.2) is 36.7 Å². The number of H-pyrrole nitrogens is 1. The summed E-state index contributed by atoms with van der Waals surface area (Å²) in [7, 11) is 0. The van der Waals surface area contributed by atoms with Crippen molar-refractivity contribution < 1.29 is 0 Å². The Bertz CT molecular complexity index is 899. The molecular weight excluding hydrogens is 308 g/mol. The van der Waals surface area contributed by atoms with Crippen molar-refractivity contribution in [1.29, 1.82) is 0 Å². The quantitative estimate of drug-likeness (QED) is 0.663. The molecule has 0 radical (unpaired) electrons. The molecule has 3 heterocycles. The zero-order valence-corrected chi connectivity index (χ0v) is 13.4. The van der Waals surface area contributed by atoms with E-state index in [4.69, 9.17) is 11.6 Å². The first kappa shape index (κ1) is 13.4. The third kappa shape index (κ3) is 1.98. The lowest BCUT2D eigenvalue weighted by molar-refractivity contribution is 0.490. The van der Waals surface area contributed by atoms with Gasteiger partial charge < -0.3 is 5.32 Å². The molecule has 2 atom stereocenters. The molecule has 0 saturated heterocycles. The number of hydrogen-bond acceptors (Lipinski definition) is 3. The van der Waals surface area contributed by atoms with Crippen LogP contribution < -0.4 is 5.32 Å². The van der Waals surface area contributed by atoms with Crippen LogP contribution in [-0.4, -0.2) is 27.1 Å². The molecule has 1 aliphatic heterocycles. The van der Waals surface area contributed by atoms with Crippen molar-refractivity contribution in [3.8, 4) is 11.1 Å². The predicted molar refractivity (Wildman–Crippen MR) is 93.0 cm³/mol. The van der Waals surface area contributed by atoms with Crippen LogP contribution in [0.4, 0.5) is 5.82 Å². The average Bonchev–Trinajstić information content (AvgIpc) is 3.27. The third-order valence-electron chi connectivity index (χ3n) is 5.38. The van der Waals surface area contributed by atoms with Gasteiger partial charge in [-0.15, -0.1) is 11.6 Å². The van der Waals surface area contributed by atoms with Crippen LogP contribution in [0.1, 0.15) is 24.8 Å². The highest BCUT2D eigenvalue weighted by molar-refractivity contribution is 6.20. The second kappa shape index (κ2) is 4.71. The van der Waals surface area contributed by atoms with Crippen molar-refractivity contribution in [2.45, 2.75) is 30.1 Å². The molecule has 2 aromatic heterocycles. The van der Waals surface area contributed by atoms with Crippen LogP contribution in [0.25, 0.3) is 22.0 Å². The van der Waals surface area contributed by atoms with E-state index in [-0.39, 0.29) is 10.8 Å². The molecule has 2 N–H and O–H groups in total. The second-order valence-corrected chi connectivity index (χ2v) is 7.38. The summed E-state index contributed by atoms with van der Waals surface area (Å²) in [6, 6.07) is 8.66. The molecule has 23 heavy (non-hydrogen) atoms. The average molecular weight is 325 g/mol. The maximum atomic E-state index is 6.40. The largest absolute Gasteiger partial charge is 0.369 e. The highest BCUT2D eigenvalue weighted by atomic mass is 35.5. The third-order valence-corrected chi connectivity index (χ3v) is 5.75. The van der Waals surface area contributed by atoms with Gasteiger partial charge in [-0.2, -0.15) is 5.10 Å². The van der Waals surface area contributed by atoms with E-state index in [2.05, 4.69) is 44.8 Å². The van der Waals surface area contributed by atoms with Crippen LogP contribution in [0.3, 0.4) is 0 Å². The van der Waals surface area contributed by atoms with Crippen LogP contribution in [0.2, 0.25) is 0 Å². The lowest BCUT2D eigenvalue weighted by atomic mass is 9.81. The van der Waals surface area contributed by atoms with Crippen molar-refractivity contribution in [2.24, 2.45) is 0 Å². The number of hydrogen-bond donors (Lipinski definition) is 2. The van der Waals surface area contributed by atoms with Gasteiger partial charge in [-0.1, -0.05) is 6.07 Å². The van der Waals surface area contributed by atoms with E-state index < -0.39 is 0 Å². The Kier molecular flexibility index (Phi) is 2.74. The zero-order valence-electron chi connectivity index (χ0n) is 12.6. The van der Waals surface area contributed by atoms with Crippen molar-refractivity contribution >= 4 is 28.3 Å². The van der Waals surface area contributed by atoms with Gasteiger partial charge in [0, 0.05) is 40.0 Å². The lowest BCUT2D eigenvalue weighted by Crippen LogP contribution is -2.25. The zero-order chi connectivity index (χ0) is 15.4. The van der Waals surface area contributed by atoms with Gasteiger partial charge >= 0.3 is 0 Å². The molecule has 2 unspecified atom stereocenters. The molecule has 0 bridgehead atoms. The Morgan fingerprint density at radius 3 is 3.00 bits per heavy atom. The summed E-state index contributed by atoms with van der Waals surface area (Å²) in [6.45, 7) is 0.961. The van der Waals surface area contributed by atoms with Crippen molar-refractivity contribution in [2.75, 3.05) is 11.9 Å². The standard InChI is InChI=1S/C18H17ClN4/c19-14-3-4-18(7-14)10-21-17-15(18)6-12(8-20-17)11-1-2-16-13(5-11)9-22-23-16/h1-2,5-6,8-9,14H,3-4,7,10H2,(H,20,21)(H,22,23). The molecule has 5 heteroatoms. The summed E-state index contributed by atoms with van der Waals surface area (Å²) in [5, 5.41) is 12.0. The molecule has 2 aliphatic rings. The van der Waals surface area contributed by atoms with Crippen LogP contribution in [0, 0.1) is 0 Å². The number of halogens is 1. The lowest BCUT2D eigenvalue weighted by Gasteiger charge is -2.23. The number of benzene rings is 1. The summed E-state index contributed by atoms with van der Waals surface area (Å²) >= 11 is 6.40. The number of aromatic nitrogens is 3. The summed E-state index contributed by atoms with van der Waals surface area (Å²) in [5.74, 6) is 1.03. The Labute approximate surface area is 139 Å². The SMILES string of the molecule is ClC1CCC2(CNc3ncc(-c4ccc5[nH]ncc5c4)cc32)C1. The fraction of sp³-hybridized carbons (Fsp3) is 0.333. The molecule has 5 rings (SSSR count). The Morgan fingerprint density at radius 1 is 1.17 bits per heavy atom. The number of rotatable bonds is 1. The van der Waals surface area contributed by atoms with E-state index in [1.54, 1.807) is 0 Å². The van der Waals surface area contributed by atoms with E-state index in [1.165, 1.54) is 11.1 Å². The number of alkyl halides is 1. The topological polar surface area (TPSA) is 53.6 Å². The summed E-state index contributed by atoms with van der Waals surface area (Å²) in [5.41, 5.74) is 4.90. The van der Waals surface area contributed by atoms with E-state index in [0.29, 0.717) is 0 Å². The number of nitrogens with one attached hydrogen (secondary N) is 2. The maximum absolute atomic E-state index is 6.40. The van der Waals surface area contributed by atoms with Crippen molar-refractivity contribution in [1.82, 2.24) is 15.2 Å². The van der Waals surface area contributed by atoms with E-state index in [0.717, 1.165) is 48.1 Å². The normalized spacial score (nSPS) is 25.9. The maximum Gasteiger partial charge on any atom is 0.129 e. The number of anilines is 1. The van der Waals surface area contributed by atoms with Crippen molar-refractivity contribution in [3.63, 3.8) is 0 Å².